The number of rotatable bonds is 4. The summed E-state index contributed by atoms with van der Waals surface area (Å²) >= 11 is 0. The van der Waals surface area contributed by atoms with Crippen LogP contribution in [-0.4, -0.2) is 52.4 Å². The van der Waals surface area contributed by atoms with E-state index < -0.39 is 0 Å². The van der Waals surface area contributed by atoms with Crippen LogP contribution in [0.15, 0.2) is 48.8 Å². The van der Waals surface area contributed by atoms with Gasteiger partial charge in [-0.05, 0) is 51.7 Å². The van der Waals surface area contributed by atoms with Gasteiger partial charge in [-0.15, -0.1) is 0 Å². The molecule has 1 aromatic carbocycles. The highest BCUT2D eigenvalue weighted by Gasteiger charge is 2.51. The third kappa shape index (κ3) is 3.83. The summed E-state index contributed by atoms with van der Waals surface area (Å²) < 4.78 is 2.07. The first kappa shape index (κ1) is 19.7. The molecule has 1 unspecified atom stereocenters. The molecule has 154 valence electrons. The van der Waals surface area contributed by atoms with Crippen LogP contribution in [0.1, 0.15) is 49.5 Å². The van der Waals surface area contributed by atoms with Crippen molar-refractivity contribution in [3.05, 3.63) is 59.9 Å². The molecule has 3 heterocycles. The van der Waals surface area contributed by atoms with Crippen LogP contribution in [0.2, 0.25) is 0 Å². The predicted molar refractivity (Wildman–Crippen MR) is 114 cm³/mol. The first-order valence-corrected chi connectivity index (χ1v) is 10.6. The first-order valence-electron chi connectivity index (χ1n) is 10.6. The third-order valence-corrected chi connectivity index (χ3v) is 6.47. The molecule has 2 fully saturated rings. The molecule has 1 aromatic heterocycles. The summed E-state index contributed by atoms with van der Waals surface area (Å²) in [5.41, 5.74) is 1.54. The smallest absolute Gasteiger partial charge is 0.255 e. The molecule has 2 aliphatic heterocycles. The van der Waals surface area contributed by atoms with Crippen LogP contribution in [-0.2, 0) is 16.8 Å². The highest BCUT2D eigenvalue weighted by molar-refractivity contribution is 5.95. The number of benzene rings is 1. The van der Waals surface area contributed by atoms with E-state index in [0.717, 1.165) is 32.4 Å². The fraction of sp³-hybridized carbons (Fsp3) is 0.500. The molecule has 29 heavy (non-hydrogen) atoms. The molecule has 2 saturated heterocycles. The normalized spacial score (nSPS) is 22.1. The molecule has 2 amide bonds. The summed E-state index contributed by atoms with van der Waals surface area (Å²) in [5.74, 6) is 0.274. The standard InChI is InChI=1S/C24H31N3O2/c1-23(2,3)27-14-10-20(17-27)21(28)26-16-12-24(18-26)11-15-25(22(24)29)13-9-19-7-5-4-6-8-19/h4-8,10,14,17H,9,11-13,15-16,18H2,1-3H3. The van der Waals surface area contributed by atoms with Crippen molar-refractivity contribution >= 4 is 11.8 Å². The van der Waals surface area contributed by atoms with E-state index in [1.165, 1.54) is 5.56 Å². The Kier molecular flexibility index (Phi) is 5.01. The average molecular weight is 394 g/mol. The molecule has 0 aliphatic carbocycles. The zero-order valence-electron chi connectivity index (χ0n) is 17.7. The molecule has 0 bridgehead atoms. The summed E-state index contributed by atoms with van der Waals surface area (Å²) in [5, 5.41) is 0. The van der Waals surface area contributed by atoms with Crippen molar-refractivity contribution in [1.29, 1.82) is 0 Å². The number of aromatic nitrogens is 1. The van der Waals surface area contributed by atoms with Gasteiger partial charge in [0, 0.05) is 44.1 Å². The van der Waals surface area contributed by atoms with Gasteiger partial charge in [0.05, 0.1) is 11.0 Å². The first-order chi connectivity index (χ1) is 13.8. The SMILES string of the molecule is CC(C)(C)n1ccc(C(=O)N2CCC3(CCN(CCc4ccccc4)C3=O)C2)c1. The summed E-state index contributed by atoms with van der Waals surface area (Å²) in [6.07, 6.45) is 6.40. The van der Waals surface area contributed by atoms with Crippen molar-refractivity contribution in [1.82, 2.24) is 14.4 Å². The van der Waals surface area contributed by atoms with Gasteiger partial charge in [0.1, 0.15) is 0 Å². The van der Waals surface area contributed by atoms with Crippen molar-refractivity contribution in [2.24, 2.45) is 5.41 Å². The van der Waals surface area contributed by atoms with Crippen LogP contribution in [0.25, 0.3) is 0 Å². The lowest BCUT2D eigenvalue weighted by Gasteiger charge is -2.24. The van der Waals surface area contributed by atoms with E-state index in [-0.39, 0.29) is 22.8 Å². The maximum absolute atomic E-state index is 13.2. The Balaban J connectivity index is 1.39. The fourth-order valence-corrected chi connectivity index (χ4v) is 4.56. The second-order valence-electron chi connectivity index (χ2n) is 9.51. The van der Waals surface area contributed by atoms with Crippen molar-refractivity contribution in [3.8, 4) is 0 Å². The van der Waals surface area contributed by atoms with Crippen LogP contribution < -0.4 is 0 Å². The topological polar surface area (TPSA) is 45.6 Å². The second-order valence-corrected chi connectivity index (χ2v) is 9.51. The number of carbonyl (C=O) groups excluding carboxylic acids is 2. The molecule has 0 radical (unpaired) electrons. The summed E-state index contributed by atoms with van der Waals surface area (Å²) in [6.45, 7) is 9.13. The molecule has 0 saturated carbocycles. The Labute approximate surface area is 173 Å². The van der Waals surface area contributed by atoms with Gasteiger partial charge in [-0.1, -0.05) is 30.3 Å². The van der Waals surface area contributed by atoms with E-state index >= 15 is 0 Å². The van der Waals surface area contributed by atoms with Crippen LogP contribution in [0.3, 0.4) is 0 Å². The van der Waals surface area contributed by atoms with Crippen LogP contribution in [0.4, 0.5) is 0 Å². The predicted octanol–water partition coefficient (Wildman–Crippen LogP) is 3.55. The second kappa shape index (κ2) is 7.36. The summed E-state index contributed by atoms with van der Waals surface area (Å²) in [7, 11) is 0. The Morgan fingerprint density at radius 3 is 2.48 bits per heavy atom. The fourth-order valence-electron chi connectivity index (χ4n) is 4.56. The van der Waals surface area contributed by atoms with Gasteiger partial charge in [0.25, 0.3) is 5.91 Å². The highest BCUT2D eigenvalue weighted by Crippen LogP contribution is 2.41. The third-order valence-electron chi connectivity index (χ3n) is 6.47. The zero-order chi connectivity index (χ0) is 20.6. The van der Waals surface area contributed by atoms with Crippen molar-refractivity contribution in [3.63, 3.8) is 0 Å². The molecule has 4 rings (SSSR count). The molecule has 1 spiro atoms. The minimum Gasteiger partial charge on any atom is -0.348 e. The molecule has 2 aromatic rings. The molecule has 1 atom stereocenters. The van der Waals surface area contributed by atoms with Crippen molar-refractivity contribution in [2.45, 2.75) is 45.6 Å². The molecular weight excluding hydrogens is 362 g/mol. The maximum Gasteiger partial charge on any atom is 0.255 e. The largest absolute Gasteiger partial charge is 0.348 e. The molecule has 0 N–H and O–H groups in total. The Hall–Kier alpha value is -2.56. The van der Waals surface area contributed by atoms with Crippen LogP contribution in [0, 0.1) is 5.41 Å². The Morgan fingerprint density at radius 1 is 1.07 bits per heavy atom. The number of likely N-dealkylation sites (tertiary alicyclic amines) is 2. The van der Waals surface area contributed by atoms with Gasteiger partial charge in [0.2, 0.25) is 5.91 Å². The van der Waals surface area contributed by atoms with Crippen molar-refractivity contribution < 1.29 is 9.59 Å². The molecular formula is C24H31N3O2. The Morgan fingerprint density at radius 2 is 1.79 bits per heavy atom. The number of hydrogen-bond donors (Lipinski definition) is 0. The minimum atomic E-state index is -0.376. The lowest BCUT2D eigenvalue weighted by atomic mass is 9.85. The van der Waals surface area contributed by atoms with Gasteiger partial charge in [-0.2, -0.15) is 0 Å². The summed E-state index contributed by atoms with van der Waals surface area (Å²) in [6, 6.07) is 12.2. The van der Waals surface area contributed by atoms with Crippen molar-refractivity contribution in [2.75, 3.05) is 26.2 Å². The van der Waals surface area contributed by atoms with E-state index in [2.05, 4.69) is 37.5 Å². The van der Waals surface area contributed by atoms with E-state index in [9.17, 15) is 9.59 Å². The van der Waals surface area contributed by atoms with Gasteiger partial charge < -0.3 is 14.4 Å². The molecule has 2 aliphatic rings. The molecule has 5 heteroatoms. The van der Waals surface area contributed by atoms with E-state index in [4.69, 9.17) is 0 Å². The van der Waals surface area contributed by atoms with E-state index in [1.807, 2.05) is 46.5 Å². The van der Waals surface area contributed by atoms with E-state index in [0.29, 0.717) is 18.7 Å². The highest BCUT2D eigenvalue weighted by atomic mass is 16.2. The lowest BCUT2D eigenvalue weighted by molar-refractivity contribution is -0.135. The Bertz CT molecular complexity index is 896. The quantitative estimate of drug-likeness (QED) is 0.797. The van der Waals surface area contributed by atoms with Crippen LogP contribution in [0.5, 0.6) is 0 Å². The average Bonchev–Trinajstić information content (AvgIpc) is 3.42. The number of hydrogen-bond acceptors (Lipinski definition) is 2. The van der Waals surface area contributed by atoms with E-state index in [1.54, 1.807) is 0 Å². The zero-order valence-corrected chi connectivity index (χ0v) is 17.7. The molecule has 5 nitrogen and oxygen atoms in total. The number of amides is 2. The lowest BCUT2D eigenvalue weighted by Crippen LogP contribution is -2.39. The number of carbonyl (C=O) groups is 2. The summed E-state index contributed by atoms with van der Waals surface area (Å²) in [4.78, 5) is 30.1. The van der Waals surface area contributed by atoms with Crippen LogP contribution >= 0.6 is 0 Å². The number of nitrogens with zero attached hydrogens (tertiary/aromatic N) is 3. The van der Waals surface area contributed by atoms with Gasteiger partial charge in [-0.3, -0.25) is 9.59 Å². The monoisotopic (exact) mass is 393 g/mol. The van der Waals surface area contributed by atoms with Gasteiger partial charge in [-0.25, -0.2) is 0 Å². The van der Waals surface area contributed by atoms with Gasteiger partial charge in [0.15, 0.2) is 0 Å². The maximum atomic E-state index is 13.2. The minimum absolute atomic E-state index is 0.0420. The van der Waals surface area contributed by atoms with Gasteiger partial charge >= 0.3 is 0 Å².